The highest BCUT2D eigenvalue weighted by atomic mass is 19.1. The average Bonchev–Trinajstić information content (AvgIpc) is 2.34. The number of benzene rings is 1. The summed E-state index contributed by atoms with van der Waals surface area (Å²) in [5.74, 6) is -0.199. The minimum atomic E-state index is -0.199. The van der Waals surface area contributed by atoms with Crippen molar-refractivity contribution in [3.8, 4) is 0 Å². The van der Waals surface area contributed by atoms with Crippen LogP contribution in [-0.2, 0) is 6.42 Å². The standard InChI is InChI=1S/C9H6F/c10-9-6-5-7-3-1-2-4-8(7)9/h1-4H,5H2. The van der Waals surface area contributed by atoms with E-state index in [4.69, 9.17) is 0 Å². The molecule has 1 aromatic carbocycles. The molecule has 1 aromatic rings. The number of hydrogen-bond donors (Lipinski definition) is 0. The average molecular weight is 133 g/mol. The predicted octanol–water partition coefficient (Wildman–Crippen LogP) is 2.36. The molecule has 0 fully saturated rings. The van der Waals surface area contributed by atoms with Crippen molar-refractivity contribution in [2.45, 2.75) is 6.42 Å². The van der Waals surface area contributed by atoms with Gasteiger partial charge in [0.25, 0.3) is 0 Å². The van der Waals surface area contributed by atoms with Gasteiger partial charge in [-0.15, -0.1) is 0 Å². The number of fused-ring (bicyclic) bond motifs is 1. The monoisotopic (exact) mass is 133 g/mol. The van der Waals surface area contributed by atoms with Crippen molar-refractivity contribution >= 4 is 5.83 Å². The van der Waals surface area contributed by atoms with Crippen LogP contribution in [0.1, 0.15) is 11.1 Å². The number of halogens is 1. The summed E-state index contributed by atoms with van der Waals surface area (Å²) in [7, 11) is 0. The van der Waals surface area contributed by atoms with Crippen molar-refractivity contribution in [1.82, 2.24) is 0 Å². The molecule has 0 saturated carbocycles. The molecule has 0 heterocycles. The quantitative estimate of drug-likeness (QED) is 0.509. The molecule has 49 valence electrons. The zero-order chi connectivity index (χ0) is 6.97. The zero-order valence-corrected chi connectivity index (χ0v) is 5.39. The summed E-state index contributed by atoms with van der Waals surface area (Å²) in [6.07, 6.45) is 3.26. The Bertz CT molecular complexity index is 287. The maximum Gasteiger partial charge on any atom is 0.134 e. The fourth-order valence-electron chi connectivity index (χ4n) is 1.16. The van der Waals surface area contributed by atoms with Crippen LogP contribution >= 0.6 is 0 Å². The van der Waals surface area contributed by atoms with Gasteiger partial charge >= 0.3 is 0 Å². The fraction of sp³-hybridized carbons (Fsp3) is 0.111. The summed E-state index contributed by atoms with van der Waals surface area (Å²) in [5.41, 5.74) is 1.75. The highest BCUT2D eigenvalue weighted by Crippen LogP contribution is 2.26. The first-order valence-corrected chi connectivity index (χ1v) is 3.22. The van der Waals surface area contributed by atoms with Gasteiger partial charge < -0.3 is 0 Å². The molecule has 1 aliphatic carbocycles. The van der Waals surface area contributed by atoms with Gasteiger partial charge in [-0.2, -0.15) is 0 Å². The molecule has 0 nitrogen and oxygen atoms in total. The summed E-state index contributed by atoms with van der Waals surface area (Å²) in [6.45, 7) is 0. The minimum Gasteiger partial charge on any atom is -0.206 e. The largest absolute Gasteiger partial charge is 0.206 e. The molecule has 0 amide bonds. The Labute approximate surface area is 59.0 Å². The maximum atomic E-state index is 12.7. The van der Waals surface area contributed by atoms with Crippen LogP contribution in [0.25, 0.3) is 5.83 Å². The molecular weight excluding hydrogens is 127 g/mol. The smallest absolute Gasteiger partial charge is 0.134 e. The Hall–Kier alpha value is -1.11. The summed E-state index contributed by atoms with van der Waals surface area (Å²) < 4.78 is 12.7. The molecule has 0 aromatic heterocycles. The molecule has 10 heavy (non-hydrogen) atoms. The minimum absolute atomic E-state index is 0.199. The van der Waals surface area contributed by atoms with Gasteiger partial charge in [0.1, 0.15) is 5.83 Å². The van der Waals surface area contributed by atoms with Crippen LogP contribution in [0.2, 0.25) is 0 Å². The molecule has 0 bridgehead atoms. The first kappa shape index (κ1) is 5.66. The van der Waals surface area contributed by atoms with Crippen LogP contribution in [0.5, 0.6) is 0 Å². The second kappa shape index (κ2) is 1.94. The molecule has 0 N–H and O–H groups in total. The van der Waals surface area contributed by atoms with Crippen molar-refractivity contribution in [1.29, 1.82) is 0 Å². The molecule has 1 radical (unpaired) electrons. The third kappa shape index (κ3) is 0.670. The SMILES string of the molecule is FC1=[C]Cc2ccccc21. The zero-order valence-electron chi connectivity index (χ0n) is 5.39. The maximum absolute atomic E-state index is 12.7. The van der Waals surface area contributed by atoms with Gasteiger partial charge in [-0.3, -0.25) is 0 Å². The van der Waals surface area contributed by atoms with Crippen LogP contribution in [0.3, 0.4) is 0 Å². The van der Waals surface area contributed by atoms with E-state index < -0.39 is 0 Å². The molecule has 1 aliphatic rings. The lowest BCUT2D eigenvalue weighted by Gasteiger charge is -1.94. The van der Waals surface area contributed by atoms with E-state index in [0.29, 0.717) is 12.0 Å². The Kier molecular flexibility index (Phi) is 1.10. The predicted molar refractivity (Wildman–Crippen MR) is 37.9 cm³/mol. The van der Waals surface area contributed by atoms with Crippen LogP contribution in [0.4, 0.5) is 4.39 Å². The lowest BCUT2D eigenvalue weighted by atomic mass is 10.1. The van der Waals surface area contributed by atoms with Crippen LogP contribution in [-0.4, -0.2) is 0 Å². The summed E-state index contributed by atoms with van der Waals surface area (Å²) in [6, 6.07) is 7.46. The topological polar surface area (TPSA) is 0 Å². The van der Waals surface area contributed by atoms with E-state index in [1.807, 2.05) is 18.2 Å². The molecule has 0 saturated heterocycles. The van der Waals surface area contributed by atoms with Gasteiger partial charge in [0.15, 0.2) is 0 Å². The Morgan fingerprint density at radius 2 is 2.10 bits per heavy atom. The second-order valence-electron chi connectivity index (χ2n) is 2.32. The normalized spacial score (nSPS) is 14.7. The Morgan fingerprint density at radius 3 is 2.90 bits per heavy atom. The van der Waals surface area contributed by atoms with E-state index in [1.165, 1.54) is 0 Å². The van der Waals surface area contributed by atoms with Crippen molar-refractivity contribution in [3.05, 3.63) is 41.5 Å². The van der Waals surface area contributed by atoms with Crippen LogP contribution < -0.4 is 0 Å². The second-order valence-corrected chi connectivity index (χ2v) is 2.32. The van der Waals surface area contributed by atoms with E-state index in [-0.39, 0.29) is 5.83 Å². The van der Waals surface area contributed by atoms with Gasteiger partial charge in [-0.1, -0.05) is 24.3 Å². The molecule has 2 rings (SSSR count). The number of hydrogen-bond acceptors (Lipinski definition) is 0. The van der Waals surface area contributed by atoms with E-state index in [1.54, 1.807) is 6.07 Å². The first-order valence-electron chi connectivity index (χ1n) is 3.22. The van der Waals surface area contributed by atoms with Crippen molar-refractivity contribution < 1.29 is 4.39 Å². The van der Waals surface area contributed by atoms with E-state index in [0.717, 1.165) is 5.56 Å². The van der Waals surface area contributed by atoms with Gasteiger partial charge in [-0.05, 0) is 11.6 Å². The Balaban J connectivity index is 2.61. The lowest BCUT2D eigenvalue weighted by molar-refractivity contribution is 0.760. The van der Waals surface area contributed by atoms with Crippen LogP contribution in [0, 0.1) is 6.08 Å². The molecule has 0 unspecified atom stereocenters. The number of allylic oxidation sites excluding steroid dienone is 1. The van der Waals surface area contributed by atoms with Gasteiger partial charge in [0.05, 0.1) is 0 Å². The van der Waals surface area contributed by atoms with Crippen molar-refractivity contribution in [2.75, 3.05) is 0 Å². The summed E-state index contributed by atoms with van der Waals surface area (Å²) in [4.78, 5) is 0. The number of rotatable bonds is 0. The van der Waals surface area contributed by atoms with Gasteiger partial charge in [-0.25, -0.2) is 4.39 Å². The van der Waals surface area contributed by atoms with E-state index in [9.17, 15) is 4.39 Å². The van der Waals surface area contributed by atoms with E-state index in [2.05, 4.69) is 6.08 Å². The molecule has 1 heteroatoms. The van der Waals surface area contributed by atoms with Crippen molar-refractivity contribution in [3.63, 3.8) is 0 Å². The third-order valence-electron chi connectivity index (χ3n) is 1.69. The summed E-state index contributed by atoms with van der Waals surface area (Å²) in [5, 5.41) is 0. The van der Waals surface area contributed by atoms with Crippen molar-refractivity contribution in [2.24, 2.45) is 0 Å². The molecular formula is C9H6F. The molecule has 0 atom stereocenters. The summed E-state index contributed by atoms with van der Waals surface area (Å²) >= 11 is 0. The Morgan fingerprint density at radius 1 is 1.30 bits per heavy atom. The third-order valence-corrected chi connectivity index (χ3v) is 1.69. The first-order chi connectivity index (χ1) is 4.88. The van der Waals surface area contributed by atoms with Gasteiger partial charge in [0.2, 0.25) is 0 Å². The highest BCUT2D eigenvalue weighted by molar-refractivity contribution is 5.65. The molecule has 0 spiro atoms. The van der Waals surface area contributed by atoms with E-state index >= 15 is 0 Å². The lowest BCUT2D eigenvalue weighted by Crippen LogP contribution is -1.78. The fourth-order valence-corrected chi connectivity index (χ4v) is 1.16. The molecule has 0 aliphatic heterocycles. The van der Waals surface area contributed by atoms with Crippen LogP contribution in [0.15, 0.2) is 24.3 Å². The van der Waals surface area contributed by atoms with Gasteiger partial charge in [0, 0.05) is 12.0 Å². The highest BCUT2D eigenvalue weighted by Gasteiger charge is 2.11.